The highest BCUT2D eigenvalue weighted by molar-refractivity contribution is 7.89. The van der Waals surface area contributed by atoms with Crippen LogP contribution in [0.1, 0.15) is 12.6 Å². The molecule has 3 N–H and O–H groups in total. The Hall–Kier alpha value is -1.77. The minimum absolute atomic E-state index is 0.0764. The minimum atomic E-state index is -3.63. The molecular weight excluding hydrogens is 278 g/mol. The van der Waals surface area contributed by atoms with Crippen LogP contribution < -0.4 is 10.5 Å². The molecule has 0 saturated heterocycles. The van der Waals surface area contributed by atoms with E-state index < -0.39 is 10.0 Å². The van der Waals surface area contributed by atoms with Crippen LogP contribution in [-0.2, 0) is 23.1 Å². The third kappa shape index (κ3) is 3.41. The predicted octanol–water partition coefficient (Wildman–Crippen LogP) is 0.104. The van der Waals surface area contributed by atoms with Crippen LogP contribution in [0.3, 0.4) is 0 Å². The smallest absolute Gasteiger partial charge is 0.242 e. The highest BCUT2D eigenvalue weighted by Crippen LogP contribution is 2.13. The quantitative estimate of drug-likeness (QED) is 0.787. The molecule has 0 aliphatic rings. The van der Waals surface area contributed by atoms with Crippen LogP contribution in [0.15, 0.2) is 41.9 Å². The predicted molar refractivity (Wildman–Crippen MR) is 74.1 cm³/mol. The van der Waals surface area contributed by atoms with Crippen molar-refractivity contribution in [2.45, 2.75) is 31.0 Å². The van der Waals surface area contributed by atoms with E-state index in [0.717, 1.165) is 0 Å². The van der Waals surface area contributed by atoms with Crippen molar-refractivity contribution in [2.75, 3.05) is 0 Å². The zero-order chi connectivity index (χ0) is 14.6. The summed E-state index contributed by atoms with van der Waals surface area (Å²) < 4.78 is 29.1. The molecule has 0 spiro atoms. The van der Waals surface area contributed by atoms with Gasteiger partial charge in [-0.3, -0.25) is 4.98 Å². The van der Waals surface area contributed by atoms with Gasteiger partial charge >= 0.3 is 0 Å². The Morgan fingerprint density at radius 3 is 2.90 bits per heavy atom. The van der Waals surface area contributed by atoms with Gasteiger partial charge in [-0.05, 0) is 19.1 Å². The molecule has 20 heavy (non-hydrogen) atoms. The van der Waals surface area contributed by atoms with Crippen LogP contribution in [0.5, 0.6) is 0 Å². The van der Waals surface area contributed by atoms with Gasteiger partial charge in [0.2, 0.25) is 10.0 Å². The van der Waals surface area contributed by atoms with Crippen molar-refractivity contribution in [2.24, 2.45) is 5.73 Å². The van der Waals surface area contributed by atoms with Gasteiger partial charge in [0, 0.05) is 37.7 Å². The van der Waals surface area contributed by atoms with Gasteiger partial charge in [-0.15, -0.1) is 0 Å². The lowest BCUT2D eigenvalue weighted by Crippen LogP contribution is -2.36. The van der Waals surface area contributed by atoms with E-state index >= 15 is 0 Å². The summed E-state index contributed by atoms with van der Waals surface area (Å²) in [6, 6.07) is 2.80. The van der Waals surface area contributed by atoms with E-state index in [4.69, 9.17) is 5.73 Å². The fourth-order valence-electron chi connectivity index (χ4n) is 1.90. The Labute approximate surface area is 117 Å². The average molecular weight is 295 g/mol. The van der Waals surface area contributed by atoms with Gasteiger partial charge in [-0.25, -0.2) is 18.1 Å². The molecule has 0 aliphatic carbocycles. The topological polar surface area (TPSA) is 103 Å². The summed E-state index contributed by atoms with van der Waals surface area (Å²) in [6.45, 7) is 2.36. The third-order valence-corrected chi connectivity index (χ3v) is 4.39. The average Bonchev–Trinajstić information content (AvgIpc) is 2.90. The SMILES string of the molecule is CC(Cn1ccnc1)NS(=O)(=O)c1cccnc1CN. The van der Waals surface area contributed by atoms with Crippen molar-refractivity contribution in [3.05, 3.63) is 42.7 Å². The highest BCUT2D eigenvalue weighted by Gasteiger charge is 2.20. The molecule has 0 fully saturated rings. The molecule has 2 aromatic heterocycles. The molecule has 2 aromatic rings. The first kappa shape index (κ1) is 14.6. The van der Waals surface area contributed by atoms with Gasteiger partial charge in [0.15, 0.2) is 0 Å². The Morgan fingerprint density at radius 1 is 1.45 bits per heavy atom. The number of imidazole rings is 1. The van der Waals surface area contributed by atoms with E-state index in [1.54, 1.807) is 36.3 Å². The summed E-state index contributed by atoms with van der Waals surface area (Å²) >= 11 is 0. The lowest BCUT2D eigenvalue weighted by Gasteiger charge is -2.15. The first-order valence-corrected chi connectivity index (χ1v) is 7.63. The van der Waals surface area contributed by atoms with Crippen molar-refractivity contribution in [3.8, 4) is 0 Å². The van der Waals surface area contributed by atoms with E-state index in [9.17, 15) is 8.42 Å². The van der Waals surface area contributed by atoms with E-state index in [1.807, 2.05) is 0 Å². The molecule has 0 aliphatic heterocycles. The maximum Gasteiger partial charge on any atom is 0.242 e. The van der Waals surface area contributed by atoms with Gasteiger partial charge < -0.3 is 10.3 Å². The molecular formula is C12H17N5O2S. The summed E-state index contributed by atoms with van der Waals surface area (Å²) in [5.41, 5.74) is 5.88. The molecule has 1 unspecified atom stereocenters. The lowest BCUT2D eigenvalue weighted by molar-refractivity contribution is 0.519. The number of hydrogen-bond acceptors (Lipinski definition) is 5. The number of pyridine rings is 1. The van der Waals surface area contributed by atoms with Crippen LogP contribution in [0, 0.1) is 0 Å². The van der Waals surface area contributed by atoms with Crippen LogP contribution in [0.4, 0.5) is 0 Å². The second-order valence-electron chi connectivity index (χ2n) is 4.43. The van der Waals surface area contributed by atoms with Gasteiger partial charge in [0.25, 0.3) is 0 Å². The van der Waals surface area contributed by atoms with E-state index in [1.165, 1.54) is 12.3 Å². The Balaban J connectivity index is 2.14. The number of aromatic nitrogens is 3. The second kappa shape index (κ2) is 6.12. The van der Waals surface area contributed by atoms with Gasteiger partial charge in [-0.2, -0.15) is 0 Å². The van der Waals surface area contributed by atoms with E-state index in [2.05, 4.69) is 14.7 Å². The molecule has 0 amide bonds. The molecule has 108 valence electrons. The van der Waals surface area contributed by atoms with E-state index in [0.29, 0.717) is 12.2 Å². The van der Waals surface area contributed by atoms with Crippen LogP contribution in [0.25, 0.3) is 0 Å². The zero-order valence-electron chi connectivity index (χ0n) is 11.1. The maximum absolute atomic E-state index is 12.3. The summed E-state index contributed by atoms with van der Waals surface area (Å²) in [6.07, 6.45) is 6.59. The summed E-state index contributed by atoms with van der Waals surface area (Å²) in [5, 5.41) is 0. The minimum Gasteiger partial charge on any atom is -0.336 e. The highest BCUT2D eigenvalue weighted by atomic mass is 32.2. The third-order valence-electron chi connectivity index (χ3n) is 2.73. The molecule has 2 heterocycles. The van der Waals surface area contributed by atoms with Gasteiger partial charge in [0.1, 0.15) is 4.90 Å². The number of nitrogens with two attached hydrogens (primary N) is 1. The van der Waals surface area contributed by atoms with Gasteiger partial charge in [0.05, 0.1) is 12.0 Å². The number of sulfonamides is 1. The molecule has 7 nitrogen and oxygen atoms in total. The second-order valence-corrected chi connectivity index (χ2v) is 6.12. The molecule has 0 radical (unpaired) electrons. The Bertz CT molecular complexity index is 654. The fraction of sp³-hybridized carbons (Fsp3) is 0.333. The van der Waals surface area contributed by atoms with Gasteiger partial charge in [-0.1, -0.05) is 0 Å². The lowest BCUT2D eigenvalue weighted by atomic mass is 10.3. The van der Waals surface area contributed by atoms with E-state index in [-0.39, 0.29) is 17.5 Å². The standard InChI is InChI=1S/C12H17N5O2S/c1-10(8-17-6-5-14-9-17)16-20(18,19)12-3-2-4-15-11(12)7-13/h2-6,9-10,16H,7-8,13H2,1H3. The number of nitrogens with zero attached hydrogens (tertiary/aromatic N) is 3. The first-order chi connectivity index (χ1) is 9.53. The Kier molecular flexibility index (Phi) is 4.48. The summed E-state index contributed by atoms with van der Waals surface area (Å²) in [4.78, 5) is 8.03. The monoisotopic (exact) mass is 295 g/mol. The van der Waals surface area contributed by atoms with Crippen molar-refractivity contribution in [1.82, 2.24) is 19.3 Å². The van der Waals surface area contributed by atoms with Crippen molar-refractivity contribution in [1.29, 1.82) is 0 Å². The Morgan fingerprint density at radius 2 is 2.25 bits per heavy atom. The number of rotatable bonds is 6. The fourth-order valence-corrected chi connectivity index (χ4v) is 3.33. The molecule has 0 bridgehead atoms. The van der Waals surface area contributed by atoms with Crippen molar-refractivity contribution < 1.29 is 8.42 Å². The molecule has 0 saturated carbocycles. The number of hydrogen-bond donors (Lipinski definition) is 2. The van der Waals surface area contributed by atoms with Crippen molar-refractivity contribution in [3.63, 3.8) is 0 Å². The molecule has 1 atom stereocenters. The zero-order valence-corrected chi connectivity index (χ0v) is 11.9. The number of nitrogens with one attached hydrogen (secondary N) is 1. The van der Waals surface area contributed by atoms with Crippen molar-refractivity contribution >= 4 is 10.0 Å². The molecule has 0 aromatic carbocycles. The first-order valence-electron chi connectivity index (χ1n) is 6.15. The van der Waals surface area contributed by atoms with Crippen LogP contribution in [0.2, 0.25) is 0 Å². The molecule has 2 rings (SSSR count). The normalized spacial score (nSPS) is 13.3. The summed E-state index contributed by atoms with van der Waals surface area (Å²) in [5.74, 6) is 0. The summed E-state index contributed by atoms with van der Waals surface area (Å²) in [7, 11) is -3.63. The van der Waals surface area contributed by atoms with Crippen LogP contribution >= 0.6 is 0 Å². The maximum atomic E-state index is 12.3. The molecule has 8 heteroatoms. The largest absolute Gasteiger partial charge is 0.336 e. The van der Waals surface area contributed by atoms with Crippen LogP contribution in [-0.4, -0.2) is 29.0 Å².